The first kappa shape index (κ1) is 17.2. The number of benzene rings is 1. The molecule has 25 heavy (non-hydrogen) atoms. The molecule has 3 rings (SSSR count). The van der Waals surface area contributed by atoms with Crippen LogP contribution in [0.4, 0.5) is 4.39 Å². The largest absolute Gasteiger partial charge is 0.409 e. The third kappa shape index (κ3) is 3.90. The van der Waals surface area contributed by atoms with Crippen molar-refractivity contribution in [3.63, 3.8) is 0 Å². The van der Waals surface area contributed by atoms with E-state index in [2.05, 4.69) is 26.1 Å². The van der Waals surface area contributed by atoms with E-state index in [0.29, 0.717) is 23.7 Å². The lowest BCUT2D eigenvalue weighted by Gasteiger charge is -2.31. The number of aromatic nitrogens is 2. The van der Waals surface area contributed by atoms with Gasteiger partial charge in [-0.15, -0.1) is 0 Å². The van der Waals surface area contributed by atoms with Gasteiger partial charge in [-0.05, 0) is 40.0 Å². The van der Waals surface area contributed by atoms with E-state index >= 15 is 0 Å². The second-order valence-corrected chi connectivity index (χ2v) is 6.53. The molecule has 3 N–H and O–H groups in total. The van der Waals surface area contributed by atoms with Crippen molar-refractivity contribution in [1.29, 1.82) is 0 Å². The molecule has 0 saturated carbocycles. The van der Waals surface area contributed by atoms with Crippen LogP contribution in [0.15, 0.2) is 33.0 Å². The predicted octanol–water partition coefficient (Wildman–Crippen LogP) is 1.46. The summed E-state index contributed by atoms with van der Waals surface area (Å²) in [6, 6.07) is 4.43. The van der Waals surface area contributed by atoms with Crippen molar-refractivity contribution in [3.8, 4) is 0 Å². The Labute approximate surface area is 146 Å². The number of thioether (sulfide) groups is 1. The molecule has 0 aliphatic heterocycles. The smallest absolute Gasteiger partial charge is 0.216 e. The number of amidine groups is 1. The van der Waals surface area contributed by atoms with Gasteiger partial charge in [0.05, 0.1) is 6.04 Å². The van der Waals surface area contributed by atoms with Crippen LogP contribution in [0.3, 0.4) is 0 Å². The highest BCUT2D eigenvalue weighted by Crippen LogP contribution is 2.34. The standard InChI is InChI=1S/C15H16FN5O3S/c1-8(22)17-4-5-25-15-13(20-24-21-15)14(19-23)18-12-6-9-2-3-10(16)7-11(9)12/h2-3,7,12,23H,4-6H2,1H3,(H,17,22)(H,18,19)/t12-/m1/s1. The van der Waals surface area contributed by atoms with Gasteiger partial charge in [-0.1, -0.05) is 23.0 Å². The topological polar surface area (TPSA) is 113 Å². The first-order chi connectivity index (χ1) is 12.1. The first-order valence-electron chi connectivity index (χ1n) is 7.55. The Hall–Kier alpha value is -2.62. The highest BCUT2D eigenvalue weighted by Gasteiger charge is 2.29. The van der Waals surface area contributed by atoms with Crippen LogP contribution in [0, 0.1) is 5.82 Å². The molecular weight excluding hydrogens is 349 g/mol. The SMILES string of the molecule is CC(=O)NCCSc1nonc1/C(=N/O)N[C@@H]1Cc2ccc(F)cc21. The summed E-state index contributed by atoms with van der Waals surface area (Å²) in [5.41, 5.74) is 2.12. The second kappa shape index (κ2) is 7.51. The lowest BCUT2D eigenvalue weighted by Crippen LogP contribution is -2.36. The summed E-state index contributed by atoms with van der Waals surface area (Å²) in [5.74, 6) is 0.222. The minimum atomic E-state index is -0.315. The van der Waals surface area contributed by atoms with Gasteiger partial charge in [0.1, 0.15) is 5.82 Å². The van der Waals surface area contributed by atoms with Crippen LogP contribution < -0.4 is 10.6 Å². The molecule has 1 aromatic heterocycles. The molecule has 0 saturated heterocycles. The molecule has 0 radical (unpaired) electrons. The second-order valence-electron chi connectivity index (χ2n) is 5.44. The minimum Gasteiger partial charge on any atom is -0.409 e. The van der Waals surface area contributed by atoms with Gasteiger partial charge in [0.15, 0.2) is 16.6 Å². The van der Waals surface area contributed by atoms with Crippen LogP contribution in [0.1, 0.15) is 29.8 Å². The molecule has 132 valence electrons. The van der Waals surface area contributed by atoms with Crippen LogP contribution in [-0.4, -0.2) is 39.6 Å². The van der Waals surface area contributed by atoms with Crippen LogP contribution in [0.25, 0.3) is 0 Å². The van der Waals surface area contributed by atoms with Crippen molar-refractivity contribution < 1.29 is 19.0 Å². The molecule has 10 heteroatoms. The van der Waals surface area contributed by atoms with Crippen molar-refractivity contribution in [2.45, 2.75) is 24.4 Å². The number of amides is 1. The average Bonchev–Trinajstić information content (AvgIpc) is 3.03. The maximum atomic E-state index is 13.4. The molecule has 1 aliphatic rings. The fourth-order valence-corrected chi connectivity index (χ4v) is 3.26. The molecule has 0 bridgehead atoms. The van der Waals surface area contributed by atoms with Gasteiger partial charge in [0, 0.05) is 19.2 Å². The van der Waals surface area contributed by atoms with Gasteiger partial charge in [-0.2, -0.15) is 0 Å². The molecule has 0 spiro atoms. The summed E-state index contributed by atoms with van der Waals surface area (Å²) in [7, 11) is 0. The van der Waals surface area contributed by atoms with E-state index < -0.39 is 0 Å². The minimum absolute atomic E-state index is 0.100. The molecule has 1 atom stereocenters. The fraction of sp³-hybridized carbons (Fsp3) is 0.333. The van der Waals surface area contributed by atoms with Crippen LogP contribution >= 0.6 is 11.8 Å². The first-order valence-corrected chi connectivity index (χ1v) is 8.54. The molecule has 1 heterocycles. The molecular formula is C15H16FN5O3S. The Balaban J connectivity index is 1.65. The van der Waals surface area contributed by atoms with Crippen molar-refractivity contribution in [1.82, 2.24) is 20.9 Å². The normalized spacial score (nSPS) is 16.1. The number of hydrogen-bond donors (Lipinski definition) is 3. The third-order valence-corrected chi connectivity index (χ3v) is 4.67. The molecule has 1 aromatic carbocycles. The number of fused-ring (bicyclic) bond motifs is 1. The number of hydrogen-bond acceptors (Lipinski definition) is 7. The number of carbonyl (C=O) groups excluding carboxylic acids is 1. The monoisotopic (exact) mass is 365 g/mol. The number of nitrogens with zero attached hydrogens (tertiary/aromatic N) is 3. The molecule has 0 unspecified atom stereocenters. The van der Waals surface area contributed by atoms with Gasteiger partial charge < -0.3 is 15.8 Å². The van der Waals surface area contributed by atoms with Crippen molar-refractivity contribution in [2.24, 2.45) is 5.16 Å². The molecule has 0 fully saturated rings. The van der Waals surface area contributed by atoms with E-state index in [4.69, 9.17) is 4.63 Å². The van der Waals surface area contributed by atoms with E-state index in [1.165, 1.54) is 30.8 Å². The summed E-state index contributed by atoms with van der Waals surface area (Å²) in [6.45, 7) is 1.90. The van der Waals surface area contributed by atoms with Gasteiger partial charge in [0.25, 0.3) is 0 Å². The summed E-state index contributed by atoms with van der Waals surface area (Å²) in [4.78, 5) is 10.9. The number of oxime groups is 1. The molecule has 1 amide bonds. The summed E-state index contributed by atoms with van der Waals surface area (Å²) < 4.78 is 18.1. The van der Waals surface area contributed by atoms with Crippen LogP contribution in [0.5, 0.6) is 0 Å². The Bertz CT molecular complexity index is 810. The van der Waals surface area contributed by atoms with E-state index in [1.54, 1.807) is 6.07 Å². The van der Waals surface area contributed by atoms with Gasteiger partial charge in [0.2, 0.25) is 5.91 Å². The van der Waals surface area contributed by atoms with Crippen LogP contribution in [0.2, 0.25) is 0 Å². The zero-order valence-electron chi connectivity index (χ0n) is 13.3. The summed E-state index contributed by atoms with van der Waals surface area (Å²) in [6.07, 6.45) is 0.685. The van der Waals surface area contributed by atoms with E-state index in [1.807, 2.05) is 0 Å². The van der Waals surface area contributed by atoms with Crippen molar-refractivity contribution >= 4 is 23.5 Å². The Morgan fingerprint density at radius 3 is 3.12 bits per heavy atom. The Morgan fingerprint density at radius 1 is 1.52 bits per heavy atom. The quantitative estimate of drug-likeness (QED) is 0.177. The van der Waals surface area contributed by atoms with E-state index in [-0.39, 0.29) is 29.3 Å². The fourth-order valence-electron chi connectivity index (χ4n) is 2.51. The van der Waals surface area contributed by atoms with Gasteiger partial charge >= 0.3 is 0 Å². The van der Waals surface area contributed by atoms with Crippen molar-refractivity contribution in [2.75, 3.05) is 12.3 Å². The number of rotatable bonds is 6. The zero-order valence-corrected chi connectivity index (χ0v) is 14.1. The molecule has 2 aromatic rings. The lowest BCUT2D eigenvalue weighted by atomic mass is 9.83. The van der Waals surface area contributed by atoms with Gasteiger partial charge in [-0.25, -0.2) is 9.02 Å². The zero-order chi connectivity index (χ0) is 17.8. The van der Waals surface area contributed by atoms with Crippen LogP contribution in [-0.2, 0) is 11.2 Å². The Morgan fingerprint density at radius 2 is 2.36 bits per heavy atom. The molecule has 8 nitrogen and oxygen atoms in total. The van der Waals surface area contributed by atoms with Crippen molar-refractivity contribution in [3.05, 3.63) is 40.8 Å². The highest BCUT2D eigenvalue weighted by molar-refractivity contribution is 7.99. The van der Waals surface area contributed by atoms with Gasteiger partial charge in [-0.3, -0.25) is 4.79 Å². The number of nitrogens with one attached hydrogen (secondary N) is 2. The predicted molar refractivity (Wildman–Crippen MR) is 88.0 cm³/mol. The Kier molecular flexibility index (Phi) is 5.17. The molecule has 1 aliphatic carbocycles. The average molecular weight is 365 g/mol. The maximum Gasteiger partial charge on any atom is 0.216 e. The third-order valence-electron chi connectivity index (χ3n) is 3.72. The summed E-state index contributed by atoms with van der Waals surface area (Å²) in [5, 5.41) is 26.2. The summed E-state index contributed by atoms with van der Waals surface area (Å²) >= 11 is 1.31. The lowest BCUT2D eigenvalue weighted by molar-refractivity contribution is -0.118. The van der Waals surface area contributed by atoms with E-state index in [9.17, 15) is 14.4 Å². The van der Waals surface area contributed by atoms with E-state index in [0.717, 1.165) is 11.1 Å². The number of halogens is 1. The maximum absolute atomic E-state index is 13.4. The number of carbonyl (C=O) groups is 1. The highest BCUT2D eigenvalue weighted by atomic mass is 32.2.